The molecule has 0 unspecified atom stereocenters. The predicted molar refractivity (Wildman–Crippen MR) is 97.4 cm³/mol. The van der Waals surface area contributed by atoms with Crippen molar-refractivity contribution in [3.8, 4) is 6.07 Å². The van der Waals surface area contributed by atoms with E-state index in [1.54, 1.807) is 41.2 Å². The number of aromatic nitrogens is 3. The lowest BCUT2D eigenvalue weighted by Gasteiger charge is -2.08. The highest BCUT2D eigenvalue weighted by Crippen LogP contribution is 2.20. The lowest BCUT2D eigenvalue weighted by atomic mass is 10.2. The topological polar surface area (TPSA) is 66.5 Å². The Balaban J connectivity index is 1.64. The van der Waals surface area contributed by atoms with E-state index in [0.717, 1.165) is 23.2 Å². The molecule has 2 heterocycles. The van der Waals surface area contributed by atoms with Crippen LogP contribution in [0.15, 0.2) is 60.9 Å². The first kappa shape index (κ1) is 16.7. The summed E-state index contributed by atoms with van der Waals surface area (Å²) in [6, 6.07) is 14.2. The Kier molecular flexibility index (Phi) is 4.22. The lowest BCUT2D eigenvalue weighted by Crippen LogP contribution is -2.04. The van der Waals surface area contributed by atoms with E-state index in [2.05, 4.69) is 21.4 Å². The summed E-state index contributed by atoms with van der Waals surface area (Å²) >= 11 is 0. The normalized spacial score (nSPS) is 10.7. The molecule has 2 aromatic heterocycles. The minimum absolute atomic E-state index is 0.153. The van der Waals surface area contributed by atoms with Crippen LogP contribution in [0.3, 0.4) is 0 Å². The van der Waals surface area contributed by atoms with E-state index in [1.165, 1.54) is 6.07 Å². The van der Waals surface area contributed by atoms with E-state index >= 15 is 0 Å². The van der Waals surface area contributed by atoms with Gasteiger partial charge in [-0.05, 0) is 48.5 Å². The number of nitrogens with zero attached hydrogens (tertiary/aromatic N) is 4. The number of fused-ring (bicyclic) bond motifs is 1. The van der Waals surface area contributed by atoms with Gasteiger partial charge < -0.3 is 9.88 Å². The van der Waals surface area contributed by atoms with E-state index in [9.17, 15) is 8.78 Å². The van der Waals surface area contributed by atoms with Crippen LogP contribution in [0.25, 0.3) is 11.0 Å². The summed E-state index contributed by atoms with van der Waals surface area (Å²) in [5.74, 6) is -0.587. The maximum absolute atomic E-state index is 13.9. The molecule has 2 aromatic carbocycles. The molecule has 1 N–H and O–H groups in total. The highest BCUT2D eigenvalue weighted by Gasteiger charge is 2.10. The second kappa shape index (κ2) is 6.84. The lowest BCUT2D eigenvalue weighted by molar-refractivity contribution is 0.578. The van der Waals surface area contributed by atoms with Gasteiger partial charge in [-0.15, -0.1) is 0 Å². The van der Waals surface area contributed by atoms with E-state index < -0.39 is 11.6 Å². The Hall–Kier alpha value is -3.79. The minimum atomic E-state index is -0.486. The SMILES string of the molecule is N#Cc1ccc(Nc2ncc3ccn(Cc4cc(F)ccc4F)c3n2)cc1. The first-order valence-electron chi connectivity index (χ1n) is 8.15. The summed E-state index contributed by atoms with van der Waals surface area (Å²) in [6.07, 6.45) is 3.42. The summed E-state index contributed by atoms with van der Waals surface area (Å²) in [5.41, 5.74) is 2.14. The Morgan fingerprint density at radius 3 is 2.67 bits per heavy atom. The van der Waals surface area contributed by atoms with Crippen molar-refractivity contribution in [1.82, 2.24) is 14.5 Å². The molecule has 0 atom stereocenters. The molecule has 0 amide bonds. The van der Waals surface area contributed by atoms with Crippen LogP contribution in [0.1, 0.15) is 11.1 Å². The van der Waals surface area contributed by atoms with Gasteiger partial charge in [-0.2, -0.15) is 10.2 Å². The standard InChI is InChI=1S/C20H13F2N5/c21-16-3-6-18(22)15(9-16)12-27-8-7-14-11-24-20(26-19(14)27)25-17-4-1-13(10-23)2-5-17/h1-9,11H,12H2,(H,24,25,26). The van der Waals surface area contributed by atoms with Gasteiger partial charge in [0.05, 0.1) is 18.2 Å². The highest BCUT2D eigenvalue weighted by molar-refractivity contribution is 5.77. The van der Waals surface area contributed by atoms with Crippen molar-refractivity contribution in [2.24, 2.45) is 0 Å². The molecule has 0 aliphatic heterocycles. The van der Waals surface area contributed by atoms with Crippen molar-refractivity contribution in [2.45, 2.75) is 6.54 Å². The molecule has 27 heavy (non-hydrogen) atoms. The number of anilines is 2. The Bertz CT molecular complexity index is 1160. The summed E-state index contributed by atoms with van der Waals surface area (Å²) in [7, 11) is 0. The van der Waals surface area contributed by atoms with Crippen LogP contribution in [0.5, 0.6) is 0 Å². The Morgan fingerprint density at radius 1 is 1.07 bits per heavy atom. The average molecular weight is 361 g/mol. The number of benzene rings is 2. The van der Waals surface area contributed by atoms with Gasteiger partial charge in [0.15, 0.2) is 0 Å². The van der Waals surface area contributed by atoms with E-state index in [-0.39, 0.29) is 12.1 Å². The highest BCUT2D eigenvalue weighted by atomic mass is 19.1. The van der Waals surface area contributed by atoms with Crippen molar-refractivity contribution in [1.29, 1.82) is 5.26 Å². The van der Waals surface area contributed by atoms with E-state index in [1.807, 2.05) is 6.07 Å². The fraction of sp³-hybridized carbons (Fsp3) is 0.0500. The van der Waals surface area contributed by atoms with Crippen LogP contribution in [0.2, 0.25) is 0 Å². The summed E-state index contributed by atoms with van der Waals surface area (Å²) in [4.78, 5) is 8.74. The van der Waals surface area contributed by atoms with E-state index in [4.69, 9.17) is 5.26 Å². The molecular formula is C20H13F2N5. The van der Waals surface area contributed by atoms with Crippen LogP contribution < -0.4 is 5.32 Å². The maximum atomic E-state index is 13.9. The minimum Gasteiger partial charge on any atom is -0.328 e. The number of nitrogens with one attached hydrogen (secondary N) is 1. The van der Waals surface area contributed by atoms with Gasteiger partial charge in [0.1, 0.15) is 17.3 Å². The van der Waals surface area contributed by atoms with Crippen molar-refractivity contribution in [3.63, 3.8) is 0 Å². The van der Waals surface area contributed by atoms with Crippen LogP contribution >= 0.6 is 0 Å². The van der Waals surface area contributed by atoms with Gasteiger partial charge >= 0.3 is 0 Å². The van der Waals surface area contributed by atoms with Gasteiger partial charge in [0, 0.05) is 29.0 Å². The van der Waals surface area contributed by atoms with Crippen LogP contribution in [-0.4, -0.2) is 14.5 Å². The van der Waals surface area contributed by atoms with Crippen molar-refractivity contribution in [2.75, 3.05) is 5.32 Å². The Labute approximate surface area is 153 Å². The molecule has 0 radical (unpaired) electrons. The smallest absolute Gasteiger partial charge is 0.229 e. The molecule has 0 spiro atoms. The zero-order valence-corrected chi connectivity index (χ0v) is 14.0. The second-order valence-corrected chi connectivity index (χ2v) is 5.97. The first-order chi connectivity index (χ1) is 13.1. The number of nitriles is 1. The monoisotopic (exact) mass is 361 g/mol. The van der Waals surface area contributed by atoms with Gasteiger partial charge in [-0.1, -0.05) is 0 Å². The molecule has 0 aliphatic carbocycles. The van der Waals surface area contributed by atoms with Gasteiger partial charge in [-0.3, -0.25) is 0 Å². The first-order valence-corrected chi connectivity index (χ1v) is 8.15. The largest absolute Gasteiger partial charge is 0.328 e. The van der Waals surface area contributed by atoms with Crippen LogP contribution in [0.4, 0.5) is 20.4 Å². The van der Waals surface area contributed by atoms with Crippen molar-refractivity contribution < 1.29 is 8.78 Å². The molecule has 4 aromatic rings. The molecule has 132 valence electrons. The zero-order valence-electron chi connectivity index (χ0n) is 14.0. The number of hydrogen-bond donors (Lipinski definition) is 1. The Morgan fingerprint density at radius 2 is 1.89 bits per heavy atom. The van der Waals surface area contributed by atoms with Crippen molar-refractivity contribution in [3.05, 3.63) is 83.7 Å². The predicted octanol–water partition coefficient (Wildman–Crippen LogP) is 4.37. The molecule has 0 saturated heterocycles. The number of hydrogen-bond acceptors (Lipinski definition) is 4. The quantitative estimate of drug-likeness (QED) is 0.586. The summed E-state index contributed by atoms with van der Waals surface area (Å²) < 4.78 is 29.1. The summed E-state index contributed by atoms with van der Waals surface area (Å²) in [6.45, 7) is 0.153. The van der Waals surface area contributed by atoms with Crippen LogP contribution in [0, 0.1) is 23.0 Å². The van der Waals surface area contributed by atoms with E-state index in [0.29, 0.717) is 17.2 Å². The fourth-order valence-electron chi connectivity index (χ4n) is 2.76. The summed E-state index contributed by atoms with van der Waals surface area (Å²) in [5, 5.41) is 12.7. The van der Waals surface area contributed by atoms with Crippen LogP contribution in [-0.2, 0) is 6.54 Å². The molecule has 0 aliphatic rings. The zero-order chi connectivity index (χ0) is 18.8. The second-order valence-electron chi connectivity index (χ2n) is 5.97. The van der Waals surface area contributed by atoms with Gasteiger partial charge in [0.25, 0.3) is 0 Å². The third-order valence-corrected chi connectivity index (χ3v) is 4.12. The molecular weight excluding hydrogens is 348 g/mol. The molecule has 0 saturated carbocycles. The molecule has 0 fully saturated rings. The average Bonchev–Trinajstić information content (AvgIpc) is 3.07. The molecule has 4 rings (SSSR count). The number of rotatable bonds is 4. The molecule has 0 bridgehead atoms. The van der Waals surface area contributed by atoms with Crippen molar-refractivity contribution >= 4 is 22.7 Å². The molecule has 7 heteroatoms. The molecule has 5 nitrogen and oxygen atoms in total. The van der Waals surface area contributed by atoms with Gasteiger partial charge in [-0.25, -0.2) is 13.8 Å². The third kappa shape index (κ3) is 3.46. The third-order valence-electron chi connectivity index (χ3n) is 4.12. The fourth-order valence-corrected chi connectivity index (χ4v) is 2.76. The number of halogens is 2. The van der Waals surface area contributed by atoms with Gasteiger partial charge in [0.2, 0.25) is 5.95 Å². The maximum Gasteiger partial charge on any atom is 0.229 e.